The predicted molar refractivity (Wildman–Crippen MR) is 92.7 cm³/mol. The van der Waals surface area contributed by atoms with Crippen molar-refractivity contribution in [1.82, 2.24) is 0 Å². The predicted octanol–water partition coefficient (Wildman–Crippen LogP) is 5.73. The fraction of sp³-hybridized carbons (Fsp3) is 0.667. The van der Waals surface area contributed by atoms with Gasteiger partial charge in [-0.25, -0.2) is 0 Å². The fourth-order valence-corrected chi connectivity index (χ4v) is 3.21. The zero-order valence-corrected chi connectivity index (χ0v) is 15.5. The Morgan fingerprint density at radius 1 is 1.29 bits per heavy atom. The summed E-state index contributed by atoms with van der Waals surface area (Å²) in [6.45, 7) is 11.7. The third kappa shape index (κ3) is 6.84. The molecule has 0 spiro atoms. The minimum Gasteiger partial charge on any atom is -0.492 e. The van der Waals surface area contributed by atoms with Crippen LogP contribution in [0.4, 0.5) is 0 Å². The largest absolute Gasteiger partial charge is 0.492 e. The van der Waals surface area contributed by atoms with Crippen molar-refractivity contribution in [2.45, 2.75) is 60.0 Å². The zero-order valence-electron chi connectivity index (χ0n) is 13.9. The number of benzene rings is 1. The Morgan fingerprint density at radius 3 is 2.48 bits per heavy atom. The summed E-state index contributed by atoms with van der Waals surface area (Å²) in [6.07, 6.45) is 2.47. The van der Waals surface area contributed by atoms with Crippen molar-refractivity contribution in [2.75, 3.05) is 6.61 Å². The summed E-state index contributed by atoms with van der Waals surface area (Å²) >= 11 is 3.52. The van der Waals surface area contributed by atoms with Gasteiger partial charge in [0, 0.05) is 0 Å². The second kappa shape index (κ2) is 8.19. The van der Waals surface area contributed by atoms with Crippen molar-refractivity contribution < 1.29 is 9.84 Å². The van der Waals surface area contributed by atoms with E-state index in [1.54, 1.807) is 0 Å². The smallest absolute Gasteiger partial charge is 0.133 e. The van der Waals surface area contributed by atoms with Crippen molar-refractivity contribution in [2.24, 2.45) is 11.3 Å². The van der Waals surface area contributed by atoms with Gasteiger partial charge in [0.15, 0.2) is 0 Å². The molecule has 0 saturated heterocycles. The molecule has 3 heteroatoms. The van der Waals surface area contributed by atoms with E-state index in [4.69, 9.17) is 4.74 Å². The number of aliphatic hydroxyl groups is 1. The molecular formula is C18H29BrO2. The molecule has 2 nitrogen and oxygen atoms in total. The number of hydrogen-bond donors (Lipinski definition) is 1. The van der Waals surface area contributed by atoms with Crippen LogP contribution in [0.2, 0.25) is 0 Å². The van der Waals surface area contributed by atoms with E-state index in [-0.39, 0.29) is 0 Å². The van der Waals surface area contributed by atoms with Crippen LogP contribution < -0.4 is 4.74 Å². The monoisotopic (exact) mass is 356 g/mol. The van der Waals surface area contributed by atoms with Gasteiger partial charge in [0.2, 0.25) is 0 Å². The molecule has 1 aromatic rings. The van der Waals surface area contributed by atoms with Crippen LogP contribution in [0.25, 0.3) is 0 Å². The van der Waals surface area contributed by atoms with E-state index in [0.29, 0.717) is 17.9 Å². The molecule has 21 heavy (non-hydrogen) atoms. The van der Waals surface area contributed by atoms with Crippen LogP contribution in [0, 0.1) is 11.3 Å². The average molecular weight is 357 g/mol. The fourth-order valence-electron chi connectivity index (χ4n) is 2.70. The summed E-state index contributed by atoms with van der Waals surface area (Å²) in [7, 11) is 0. The highest BCUT2D eigenvalue weighted by molar-refractivity contribution is 9.10. The van der Waals surface area contributed by atoms with Crippen LogP contribution in [0.15, 0.2) is 22.7 Å². The Balaban J connectivity index is 2.66. The van der Waals surface area contributed by atoms with Crippen LogP contribution in [-0.4, -0.2) is 11.7 Å². The molecular weight excluding hydrogens is 328 g/mol. The lowest BCUT2D eigenvalue weighted by Crippen LogP contribution is -2.13. The Hall–Kier alpha value is -0.540. The van der Waals surface area contributed by atoms with Gasteiger partial charge in [-0.15, -0.1) is 0 Å². The molecule has 0 amide bonds. The van der Waals surface area contributed by atoms with Crippen molar-refractivity contribution in [3.63, 3.8) is 0 Å². The van der Waals surface area contributed by atoms with Gasteiger partial charge in [0.25, 0.3) is 0 Å². The molecule has 120 valence electrons. The summed E-state index contributed by atoms with van der Waals surface area (Å²) in [6, 6.07) is 5.87. The molecule has 1 N–H and O–H groups in total. The van der Waals surface area contributed by atoms with Gasteiger partial charge in [-0.05, 0) is 64.2 Å². The molecule has 0 heterocycles. The lowest BCUT2D eigenvalue weighted by atomic mass is 9.82. The molecule has 0 aliphatic rings. The van der Waals surface area contributed by atoms with Crippen molar-refractivity contribution in [3.8, 4) is 5.75 Å². The first-order valence-electron chi connectivity index (χ1n) is 7.83. The molecule has 0 radical (unpaired) electrons. The van der Waals surface area contributed by atoms with E-state index in [0.717, 1.165) is 35.0 Å². The first-order chi connectivity index (χ1) is 9.73. The summed E-state index contributed by atoms with van der Waals surface area (Å²) in [4.78, 5) is 0. The summed E-state index contributed by atoms with van der Waals surface area (Å²) in [5.74, 6) is 1.34. The van der Waals surface area contributed by atoms with Crippen LogP contribution in [0.5, 0.6) is 5.75 Å². The number of halogens is 1. The van der Waals surface area contributed by atoms with Crippen molar-refractivity contribution in [3.05, 3.63) is 28.2 Å². The van der Waals surface area contributed by atoms with E-state index < -0.39 is 6.10 Å². The molecule has 1 rings (SSSR count). The van der Waals surface area contributed by atoms with Crippen LogP contribution in [-0.2, 0) is 0 Å². The number of rotatable bonds is 7. The van der Waals surface area contributed by atoms with E-state index in [1.807, 2.05) is 18.2 Å². The SMILES string of the molecule is CCCOc1ccc(C(O)CC(C)CC(C)(C)C)cc1Br. The van der Waals surface area contributed by atoms with Crippen LogP contribution in [0.1, 0.15) is 65.5 Å². The molecule has 1 aromatic carbocycles. The molecule has 0 aliphatic carbocycles. The Morgan fingerprint density at radius 2 is 1.95 bits per heavy atom. The molecule has 0 aliphatic heterocycles. The highest BCUT2D eigenvalue weighted by Gasteiger charge is 2.19. The van der Waals surface area contributed by atoms with Gasteiger partial charge >= 0.3 is 0 Å². The maximum atomic E-state index is 10.4. The Kier molecular flexibility index (Phi) is 7.22. The van der Waals surface area contributed by atoms with Gasteiger partial charge in [0.05, 0.1) is 17.2 Å². The standard InChI is InChI=1S/C18H29BrO2/c1-6-9-21-17-8-7-14(11-15(17)19)16(20)10-13(2)12-18(3,4)5/h7-8,11,13,16,20H,6,9-10,12H2,1-5H3. The van der Waals surface area contributed by atoms with Gasteiger partial charge in [-0.3, -0.25) is 0 Å². The number of hydrogen-bond acceptors (Lipinski definition) is 2. The molecule has 0 bridgehead atoms. The molecule has 2 atom stereocenters. The zero-order chi connectivity index (χ0) is 16.0. The van der Waals surface area contributed by atoms with Crippen LogP contribution in [0.3, 0.4) is 0 Å². The maximum Gasteiger partial charge on any atom is 0.133 e. The van der Waals surface area contributed by atoms with Gasteiger partial charge in [0.1, 0.15) is 5.75 Å². The van der Waals surface area contributed by atoms with E-state index in [1.165, 1.54) is 0 Å². The minimum atomic E-state index is -0.418. The van der Waals surface area contributed by atoms with Crippen molar-refractivity contribution in [1.29, 1.82) is 0 Å². The lowest BCUT2D eigenvalue weighted by molar-refractivity contribution is 0.134. The highest BCUT2D eigenvalue weighted by atomic mass is 79.9. The average Bonchev–Trinajstić information content (AvgIpc) is 2.34. The number of ether oxygens (including phenoxy) is 1. The third-order valence-corrected chi connectivity index (χ3v) is 4.01. The first kappa shape index (κ1) is 18.5. The molecule has 2 unspecified atom stereocenters. The van der Waals surface area contributed by atoms with E-state index >= 15 is 0 Å². The third-order valence-electron chi connectivity index (χ3n) is 3.39. The van der Waals surface area contributed by atoms with Crippen molar-refractivity contribution >= 4 is 15.9 Å². The molecule has 0 fully saturated rings. The van der Waals surface area contributed by atoms with Gasteiger partial charge < -0.3 is 9.84 Å². The number of aliphatic hydroxyl groups excluding tert-OH is 1. The maximum absolute atomic E-state index is 10.4. The van der Waals surface area contributed by atoms with E-state index in [2.05, 4.69) is 50.5 Å². The Labute approximate surface area is 138 Å². The lowest BCUT2D eigenvalue weighted by Gasteiger charge is -2.25. The Bertz CT molecular complexity index is 437. The quantitative estimate of drug-likeness (QED) is 0.675. The normalized spacial score (nSPS) is 14.8. The van der Waals surface area contributed by atoms with Gasteiger partial charge in [-0.1, -0.05) is 40.7 Å². The van der Waals surface area contributed by atoms with Crippen LogP contribution >= 0.6 is 15.9 Å². The summed E-state index contributed by atoms with van der Waals surface area (Å²) in [5.41, 5.74) is 1.25. The second-order valence-corrected chi connectivity index (χ2v) is 8.01. The van der Waals surface area contributed by atoms with Gasteiger partial charge in [-0.2, -0.15) is 0 Å². The molecule has 0 saturated carbocycles. The molecule has 0 aromatic heterocycles. The summed E-state index contributed by atoms with van der Waals surface area (Å²) in [5, 5.41) is 10.4. The second-order valence-electron chi connectivity index (χ2n) is 7.16. The summed E-state index contributed by atoms with van der Waals surface area (Å²) < 4.78 is 6.55. The minimum absolute atomic E-state index is 0.303. The topological polar surface area (TPSA) is 29.5 Å². The highest BCUT2D eigenvalue weighted by Crippen LogP contribution is 2.33. The van der Waals surface area contributed by atoms with E-state index in [9.17, 15) is 5.11 Å². The first-order valence-corrected chi connectivity index (χ1v) is 8.62.